The average Bonchev–Trinajstić information content (AvgIpc) is 2.73. The van der Waals surface area contributed by atoms with E-state index in [4.69, 9.17) is 9.84 Å². The quantitative estimate of drug-likeness (QED) is 0.843. The molecule has 5 nitrogen and oxygen atoms in total. The SMILES string of the molecule is C[C@@H]1CC(OCc2ccccc2)C(C=O)N1C(=O)O. The van der Waals surface area contributed by atoms with E-state index >= 15 is 0 Å². The molecule has 5 heteroatoms. The lowest BCUT2D eigenvalue weighted by molar-refractivity contribution is -0.115. The minimum atomic E-state index is -1.07. The van der Waals surface area contributed by atoms with Crippen molar-refractivity contribution in [1.29, 1.82) is 0 Å². The van der Waals surface area contributed by atoms with Crippen molar-refractivity contribution in [3.63, 3.8) is 0 Å². The molecule has 0 spiro atoms. The second kappa shape index (κ2) is 5.84. The van der Waals surface area contributed by atoms with Crippen LogP contribution in [-0.2, 0) is 16.1 Å². The molecule has 2 unspecified atom stereocenters. The molecule has 0 aromatic heterocycles. The minimum absolute atomic E-state index is 0.200. The standard InChI is InChI=1S/C14H17NO4/c1-10-7-13(12(8-16)15(10)14(17)18)19-9-11-5-3-2-4-6-11/h2-6,8,10,12-13H,7,9H2,1H3,(H,17,18)/t10-,12?,13?/m1/s1. The fraction of sp³-hybridized carbons (Fsp3) is 0.429. The van der Waals surface area contributed by atoms with Gasteiger partial charge in [0.1, 0.15) is 12.3 Å². The maximum Gasteiger partial charge on any atom is 0.408 e. The van der Waals surface area contributed by atoms with E-state index in [1.807, 2.05) is 30.3 Å². The van der Waals surface area contributed by atoms with E-state index < -0.39 is 12.1 Å². The van der Waals surface area contributed by atoms with E-state index in [2.05, 4.69) is 0 Å². The second-order valence-electron chi connectivity index (χ2n) is 4.74. The Hall–Kier alpha value is -1.88. The molecule has 1 aromatic carbocycles. The molecule has 1 aliphatic rings. The van der Waals surface area contributed by atoms with Gasteiger partial charge in [-0.3, -0.25) is 4.90 Å². The highest BCUT2D eigenvalue weighted by atomic mass is 16.5. The molecular formula is C14H17NO4. The first-order chi connectivity index (χ1) is 9.13. The number of hydrogen-bond donors (Lipinski definition) is 1. The Morgan fingerprint density at radius 2 is 2.16 bits per heavy atom. The molecule has 1 heterocycles. The normalized spacial score (nSPS) is 26.4. The van der Waals surface area contributed by atoms with Gasteiger partial charge in [-0.15, -0.1) is 0 Å². The van der Waals surface area contributed by atoms with Gasteiger partial charge in [-0.2, -0.15) is 0 Å². The number of aldehydes is 1. The number of carboxylic acid groups (broad SMARTS) is 1. The molecular weight excluding hydrogens is 246 g/mol. The predicted molar refractivity (Wildman–Crippen MR) is 68.8 cm³/mol. The van der Waals surface area contributed by atoms with Crippen LogP contribution in [0.1, 0.15) is 18.9 Å². The maximum absolute atomic E-state index is 11.1. The summed E-state index contributed by atoms with van der Waals surface area (Å²) in [7, 11) is 0. The number of benzene rings is 1. The molecule has 0 radical (unpaired) electrons. The molecule has 3 atom stereocenters. The van der Waals surface area contributed by atoms with Gasteiger partial charge in [-0.25, -0.2) is 4.79 Å². The summed E-state index contributed by atoms with van der Waals surface area (Å²) in [5, 5.41) is 9.10. The van der Waals surface area contributed by atoms with Crippen LogP contribution < -0.4 is 0 Å². The van der Waals surface area contributed by atoms with Crippen LogP contribution in [0, 0.1) is 0 Å². The number of nitrogens with zero attached hydrogens (tertiary/aromatic N) is 1. The Morgan fingerprint density at radius 3 is 2.74 bits per heavy atom. The number of carbonyl (C=O) groups excluding carboxylic acids is 1. The molecule has 0 aliphatic carbocycles. The molecule has 19 heavy (non-hydrogen) atoms. The molecule has 1 N–H and O–H groups in total. The molecule has 1 aromatic rings. The lowest BCUT2D eigenvalue weighted by atomic mass is 10.1. The van der Waals surface area contributed by atoms with E-state index in [-0.39, 0.29) is 12.1 Å². The van der Waals surface area contributed by atoms with Gasteiger partial charge in [-0.05, 0) is 18.9 Å². The summed E-state index contributed by atoms with van der Waals surface area (Å²) in [5.41, 5.74) is 1.01. The van der Waals surface area contributed by atoms with Crippen LogP contribution in [0.2, 0.25) is 0 Å². The summed E-state index contributed by atoms with van der Waals surface area (Å²) in [5.74, 6) is 0. The second-order valence-corrected chi connectivity index (χ2v) is 4.74. The van der Waals surface area contributed by atoms with Crippen LogP contribution in [0.3, 0.4) is 0 Å². The van der Waals surface area contributed by atoms with Crippen molar-refractivity contribution in [3.05, 3.63) is 35.9 Å². The van der Waals surface area contributed by atoms with Crippen molar-refractivity contribution in [2.75, 3.05) is 0 Å². The smallest absolute Gasteiger partial charge is 0.408 e. The van der Waals surface area contributed by atoms with Crippen LogP contribution in [-0.4, -0.2) is 40.6 Å². The molecule has 0 bridgehead atoms. The van der Waals surface area contributed by atoms with Gasteiger partial charge in [0.05, 0.1) is 12.7 Å². The first-order valence-electron chi connectivity index (χ1n) is 6.25. The fourth-order valence-electron chi connectivity index (χ4n) is 2.48. The summed E-state index contributed by atoms with van der Waals surface area (Å²) >= 11 is 0. The Morgan fingerprint density at radius 1 is 1.47 bits per heavy atom. The van der Waals surface area contributed by atoms with Crippen LogP contribution in [0.25, 0.3) is 0 Å². The molecule has 102 valence electrons. The van der Waals surface area contributed by atoms with Crippen molar-refractivity contribution >= 4 is 12.4 Å². The Bertz CT molecular complexity index is 448. The van der Waals surface area contributed by atoms with Gasteiger partial charge in [0.2, 0.25) is 0 Å². The minimum Gasteiger partial charge on any atom is -0.465 e. The van der Waals surface area contributed by atoms with Gasteiger partial charge < -0.3 is 14.6 Å². The molecule has 1 amide bonds. The lowest BCUT2D eigenvalue weighted by Crippen LogP contribution is -2.43. The number of likely N-dealkylation sites (tertiary alicyclic amines) is 1. The zero-order chi connectivity index (χ0) is 13.8. The number of rotatable bonds is 4. The highest BCUT2D eigenvalue weighted by Gasteiger charge is 2.42. The summed E-state index contributed by atoms with van der Waals surface area (Å²) in [6.45, 7) is 2.17. The topological polar surface area (TPSA) is 66.8 Å². The van der Waals surface area contributed by atoms with Gasteiger partial charge in [0.25, 0.3) is 0 Å². The van der Waals surface area contributed by atoms with Crippen LogP contribution in [0.4, 0.5) is 4.79 Å². The Kier molecular flexibility index (Phi) is 4.16. The summed E-state index contributed by atoms with van der Waals surface area (Å²) in [4.78, 5) is 23.4. The van der Waals surface area contributed by atoms with Crippen molar-refractivity contribution in [2.45, 2.75) is 38.1 Å². The van der Waals surface area contributed by atoms with E-state index in [1.54, 1.807) is 6.92 Å². The first-order valence-corrected chi connectivity index (χ1v) is 6.25. The van der Waals surface area contributed by atoms with Crippen molar-refractivity contribution < 1.29 is 19.4 Å². The first kappa shape index (κ1) is 13.5. The van der Waals surface area contributed by atoms with E-state index in [0.29, 0.717) is 19.3 Å². The largest absolute Gasteiger partial charge is 0.465 e. The van der Waals surface area contributed by atoms with Crippen LogP contribution in [0.5, 0.6) is 0 Å². The number of ether oxygens (including phenoxy) is 1. The molecule has 1 fully saturated rings. The van der Waals surface area contributed by atoms with Crippen molar-refractivity contribution in [2.24, 2.45) is 0 Å². The maximum atomic E-state index is 11.1. The van der Waals surface area contributed by atoms with Gasteiger partial charge in [-0.1, -0.05) is 30.3 Å². The van der Waals surface area contributed by atoms with Crippen molar-refractivity contribution in [1.82, 2.24) is 4.90 Å². The third-order valence-electron chi connectivity index (χ3n) is 3.42. The number of hydrogen-bond acceptors (Lipinski definition) is 3. The van der Waals surface area contributed by atoms with E-state index in [1.165, 1.54) is 4.90 Å². The molecule has 2 rings (SSSR count). The summed E-state index contributed by atoms with van der Waals surface area (Å²) in [6, 6.07) is 8.70. The van der Waals surface area contributed by atoms with Crippen LogP contribution in [0.15, 0.2) is 30.3 Å². The highest BCUT2D eigenvalue weighted by Crippen LogP contribution is 2.26. The molecule has 0 saturated carbocycles. The van der Waals surface area contributed by atoms with E-state index in [0.717, 1.165) is 5.56 Å². The Labute approximate surface area is 111 Å². The van der Waals surface area contributed by atoms with Gasteiger partial charge >= 0.3 is 6.09 Å². The summed E-state index contributed by atoms with van der Waals surface area (Å²) in [6.07, 6.45) is -0.241. The zero-order valence-corrected chi connectivity index (χ0v) is 10.7. The highest BCUT2D eigenvalue weighted by molar-refractivity contribution is 5.73. The zero-order valence-electron chi connectivity index (χ0n) is 10.7. The fourth-order valence-corrected chi connectivity index (χ4v) is 2.48. The predicted octanol–water partition coefficient (Wildman–Crippen LogP) is 1.91. The van der Waals surface area contributed by atoms with Gasteiger partial charge in [0, 0.05) is 6.04 Å². The summed E-state index contributed by atoms with van der Waals surface area (Å²) < 4.78 is 5.71. The third-order valence-corrected chi connectivity index (χ3v) is 3.42. The molecule has 1 saturated heterocycles. The van der Waals surface area contributed by atoms with Gasteiger partial charge in [0.15, 0.2) is 0 Å². The third kappa shape index (κ3) is 2.93. The van der Waals surface area contributed by atoms with Crippen molar-refractivity contribution in [3.8, 4) is 0 Å². The monoisotopic (exact) mass is 263 g/mol. The van der Waals surface area contributed by atoms with Crippen LogP contribution >= 0.6 is 0 Å². The number of amides is 1. The number of carbonyl (C=O) groups is 2. The average molecular weight is 263 g/mol. The lowest BCUT2D eigenvalue weighted by Gasteiger charge is -2.23. The molecule has 1 aliphatic heterocycles. The van der Waals surface area contributed by atoms with E-state index in [9.17, 15) is 9.59 Å². The Balaban J connectivity index is 2.01.